The fourth-order valence-corrected chi connectivity index (χ4v) is 2.75. The minimum Gasteiger partial charge on any atom is -0.314 e. The van der Waals surface area contributed by atoms with Gasteiger partial charge in [0.25, 0.3) is 0 Å². The van der Waals surface area contributed by atoms with E-state index in [-0.39, 0.29) is 11.8 Å². The molecule has 112 valence electrons. The summed E-state index contributed by atoms with van der Waals surface area (Å²) in [5.41, 5.74) is 2.08. The Kier molecular flexibility index (Phi) is 7.14. The summed E-state index contributed by atoms with van der Waals surface area (Å²) in [5.74, 6) is 0.0612. The first-order valence-corrected chi connectivity index (χ1v) is 7.78. The van der Waals surface area contributed by atoms with Gasteiger partial charge in [-0.15, -0.1) is 0 Å². The molecule has 1 heterocycles. The maximum Gasteiger partial charge on any atom is 0.237 e. The number of carbonyl (C=O) groups is 1. The van der Waals surface area contributed by atoms with Crippen LogP contribution in [0.25, 0.3) is 0 Å². The first-order valence-electron chi connectivity index (χ1n) is 7.26. The van der Waals surface area contributed by atoms with Gasteiger partial charge in [0.1, 0.15) is 0 Å². The molecule has 0 bridgehead atoms. The number of rotatable bonds is 5. The van der Waals surface area contributed by atoms with Crippen LogP contribution in [0.2, 0.25) is 0 Å². The van der Waals surface area contributed by atoms with Crippen molar-refractivity contribution in [2.45, 2.75) is 39.5 Å². The Labute approximate surface area is 124 Å². The van der Waals surface area contributed by atoms with E-state index < -0.39 is 0 Å². The van der Waals surface area contributed by atoms with Gasteiger partial charge in [0.15, 0.2) is 0 Å². The molecule has 0 spiro atoms. The number of para-hydroxylation sites is 1. The van der Waals surface area contributed by atoms with Gasteiger partial charge in [-0.25, -0.2) is 0 Å². The third-order valence-corrected chi connectivity index (χ3v) is 3.91. The Hall–Kier alpha value is -0.960. The Morgan fingerprint density at radius 3 is 2.65 bits per heavy atom. The van der Waals surface area contributed by atoms with Gasteiger partial charge < -0.3 is 5.21 Å². The van der Waals surface area contributed by atoms with Crippen LogP contribution in [0.15, 0.2) is 24.3 Å². The van der Waals surface area contributed by atoms with Gasteiger partial charge in [-0.2, -0.15) is 5.06 Å². The molecule has 5 heteroatoms. The van der Waals surface area contributed by atoms with E-state index in [0.717, 1.165) is 24.1 Å². The molecule has 1 aliphatic rings. The quantitative estimate of drug-likeness (QED) is 0.669. The second-order valence-electron chi connectivity index (χ2n) is 4.51. The number of carbonyl (C=O) groups excluding carboxylic acids is 1. The van der Waals surface area contributed by atoms with Crippen molar-refractivity contribution in [1.29, 1.82) is 0 Å². The highest BCUT2D eigenvalue weighted by molar-refractivity contribution is 7.21. The van der Waals surface area contributed by atoms with Crippen LogP contribution in [0.4, 0.5) is 5.69 Å². The first-order chi connectivity index (χ1) is 9.65. The maximum absolute atomic E-state index is 12.1. The zero-order valence-corrected chi connectivity index (χ0v) is 13.7. The van der Waals surface area contributed by atoms with Crippen LogP contribution in [0, 0.1) is 0 Å². The molecule has 2 atom stereocenters. The van der Waals surface area contributed by atoms with Crippen LogP contribution in [0.1, 0.15) is 45.1 Å². The summed E-state index contributed by atoms with van der Waals surface area (Å²) in [6.45, 7) is 7.13. The fourth-order valence-electron chi connectivity index (χ4n) is 2.34. The standard InChI is InChI=1S/C13H19N2O2P.C2H6/c1-2-14(17)9-5-7-11-10-6-3-4-8-12(10)15(18)13(11)16;1-2/h3-4,6,8,11,17H,2,5,7,9,18H2,1H3;1-2H3. The summed E-state index contributed by atoms with van der Waals surface area (Å²) in [5, 5.41) is 10.7. The third kappa shape index (κ3) is 3.78. The maximum atomic E-state index is 12.1. The largest absolute Gasteiger partial charge is 0.314 e. The number of nitrogens with zero attached hydrogens (tertiary/aromatic N) is 2. The van der Waals surface area contributed by atoms with Gasteiger partial charge in [-0.3, -0.25) is 9.46 Å². The monoisotopic (exact) mass is 296 g/mol. The number of hydrogen-bond donors (Lipinski definition) is 1. The number of hydroxylamine groups is 2. The minimum atomic E-state index is -0.0658. The normalized spacial score (nSPS) is 17.0. The van der Waals surface area contributed by atoms with Gasteiger partial charge in [0.2, 0.25) is 5.91 Å². The number of amides is 1. The molecule has 0 saturated heterocycles. The highest BCUT2D eigenvalue weighted by atomic mass is 31.0. The van der Waals surface area contributed by atoms with Crippen molar-refractivity contribution >= 4 is 21.0 Å². The molecule has 0 aliphatic carbocycles. The summed E-state index contributed by atoms with van der Waals surface area (Å²) < 4.78 is 1.65. The van der Waals surface area contributed by atoms with E-state index in [1.807, 2.05) is 45.0 Å². The van der Waals surface area contributed by atoms with Crippen molar-refractivity contribution in [3.8, 4) is 0 Å². The van der Waals surface area contributed by atoms with Gasteiger partial charge in [0.05, 0.1) is 11.6 Å². The zero-order valence-electron chi connectivity index (χ0n) is 12.5. The molecule has 0 saturated carbocycles. The van der Waals surface area contributed by atoms with E-state index in [1.165, 1.54) is 5.06 Å². The lowest BCUT2D eigenvalue weighted by molar-refractivity contribution is -0.118. The van der Waals surface area contributed by atoms with E-state index in [2.05, 4.69) is 9.39 Å². The van der Waals surface area contributed by atoms with Crippen LogP contribution in [0.3, 0.4) is 0 Å². The van der Waals surface area contributed by atoms with Crippen molar-refractivity contribution in [2.24, 2.45) is 0 Å². The average Bonchev–Trinajstić information content (AvgIpc) is 2.74. The van der Waals surface area contributed by atoms with E-state index in [0.29, 0.717) is 13.1 Å². The van der Waals surface area contributed by atoms with Gasteiger partial charge in [-0.05, 0) is 33.9 Å². The van der Waals surface area contributed by atoms with Crippen LogP contribution in [-0.2, 0) is 4.79 Å². The zero-order chi connectivity index (χ0) is 15.1. The molecule has 20 heavy (non-hydrogen) atoms. The second kappa shape index (κ2) is 8.35. The number of benzene rings is 1. The topological polar surface area (TPSA) is 43.8 Å². The molecule has 1 amide bonds. The molecule has 2 unspecified atom stereocenters. The Morgan fingerprint density at radius 1 is 1.35 bits per heavy atom. The van der Waals surface area contributed by atoms with Gasteiger partial charge in [-0.1, -0.05) is 39.0 Å². The SMILES string of the molecule is CC.CCN(O)CCCC1C(=O)N(P)c2ccccc21. The average molecular weight is 296 g/mol. The smallest absolute Gasteiger partial charge is 0.237 e. The van der Waals surface area contributed by atoms with E-state index in [9.17, 15) is 10.0 Å². The van der Waals surface area contributed by atoms with Crippen molar-refractivity contribution in [2.75, 3.05) is 17.8 Å². The van der Waals surface area contributed by atoms with Gasteiger partial charge in [0, 0.05) is 13.1 Å². The number of anilines is 1. The van der Waals surface area contributed by atoms with Crippen molar-refractivity contribution < 1.29 is 10.0 Å². The molecule has 0 radical (unpaired) electrons. The van der Waals surface area contributed by atoms with Crippen molar-refractivity contribution in [3.63, 3.8) is 0 Å². The van der Waals surface area contributed by atoms with Crippen molar-refractivity contribution in [1.82, 2.24) is 5.06 Å². The summed E-state index contributed by atoms with van der Waals surface area (Å²) >= 11 is 0. The lowest BCUT2D eigenvalue weighted by Gasteiger charge is -2.14. The highest BCUT2D eigenvalue weighted by Gasteiger charge is 2.34. The third-order valence-electron chi connectivity index (χ3n) is 3.38. The van der Waals surface area contributed by atoms with E-state index in [4.69, 9.17) is 0 Å². The Balaban J connectivity index is 0.000000956. The first kappa shape index (κ1) is 17.1. The summed E-state index contributed by atoms with van der Waals surface area (Å²) in [4.78, 5) is 12.1. The van der Waals surface area contributed by atoms with Crippen LogP contribution in [-0.4, -0.2) is 29.3 Å². The molecule has 1 aliphatic heterocycles. The Bertz CT molecular complexity index is 440. The summed E-state index contributed by atoms with van der Waals surface area (Å²) in [7, 11) is 2.48. The molecule has 2 rings (SSSR count). The molecule has 1 aromatic carbocycles. The number of hydrogen-bond acceptors (Lipinski definition) is 3. The lowest BCUT2D eigenvalue weighted by Crippen LogP contribution is -2.22. The predicted molar refractivity (Wildman–Crippen MR) is 86.0 cm³/mol. The van der Waals surface area contributed by atoms with Crippen LogP contribution < -0.4 is 4.67 Å². The highest BCUT2D eigenvalue weighted by Crippen LogP contribution is 2.41. The van der Waals surface area contributed by atoms with Gasteiger partial charge >= 0.3 is 0 Å². The van der Waals surface area contributed by atoms with E-state index >= 15 is 0 Å². The van der Waals surface area contributed by atoms with E-state index in [1.54, 1.807) is 4.67 Å². The van der Waals surface area contributed by atoms with Crippen molar-refractivity contribution in [3.05, 3.63) is 29.8 Å². The number of fused-ring (bicyclic) bond motifs is 1. The summed E-state index contributed by atoms with van der Waals surface area (Å²) in [6.07, 6.45) is 1.59. The minimum absolute atomic E-state index is 0.0658. The molecule has 0 fully saturated rings. The molecular weight excluding hydrogens is 271 g/mol. The fraction of sp³-hybridized carbons (Fsp3) is 0.533. The molecule has 0 aromatic heterocycles. The molecular formula is C15H25N2O2P. The van der Waals surface area contributed by atoms with Crippen LogP contribution >= 0.6 is 9.39 Å². The molecule has 1 aromatic rings. The summed E-state index contributed by atoms with van der Waals surface area (Å²) in [6, 6.07) is 7.88. The molecule has 4 nitrogen and oxygen atoms in total. The Morgan fingerprint density at radius 2 is 2.00 bits per heavy atom. The second-order valence-corrected chi connectivity index (χ2v) is 5.02. The lowest BCUT2D eigenvalue weighted by atomic mass is 9.96. The van der Waals surface area contributed by atoms with Crippen LogP contribution in [0.5, 0.6) is 0 Å². The molecule has 1 N–H and O–H groups in total. The predicted octanol–water partition coefficient (Wildman–Crippen LogP) is 3.42.